The van der Waals surface area contributed by atoms with Gasteiger partial charge in [-0.05, 0) is 48.9 Å². The average Bonchev–Trinajstić information content (AvgIpc) is 2.94. The van der Waals surface area contributed by atoms with Gasteiger partial charge in [0.2, 0.25) is 11.8 Å². The van der Waals surface area contributed by atoms with Crippen LogP contribution in [0.25, 0.3) is 11.5 Å². The van der Waals surface area contributed by atoms with E-state index in [9.17, 15) is 4.79 Å². The van der Waals surface area contributed by atoms with Gasteiger partial charge in [-0.2, -0.15) is 0 Å². The molecule has 0 spiro atoms. The van der Waals surface area contributed by atoms with Crippen LogP contribution in [0.4, 0.5) is 5.69 Å². The third kappa shape index (κ3) is 3.03. The molecule has 5 heteroatoms. The number of aromatic nitrogens is 2. The van der Waals surface area contributed by atoms with Gasteiger partial charge in [-0.1, -0.05) is 12.1 Å². The number of nitrogens with one attached hydrogen (secondary N) is 1. The molecular weight excluding hydrogens is 278 g/mol. The van der Waals surface area contributed by atoms with Gasteiger partial charge in [-0.3, -0.25) is 4.79 Å². The summed E-state index contributed by atoms with van der Waals surface area (Å²) in [5.74, 6) is 0.804. The molecule has 0 unspecified atom stereocenters. The first kappa shape index (κ1) is 14.0. The van der Waals surface area contributed by atoms with Crippen molar-refractivity contribution in [1.29, 1.82) is 0 Å². The van der Waals surface area contributed by atoms with Crippen molar-refractivity contribution in [1.82, 2.24) is 10.2 Å². The third-order valence-electron chi connectivity index (χ3n) is 3.20. The largest absolute Gasteiger partial charge is 0.421 e. The van der Waals surface area contributed by atoms with E-state index in [0.29, 0.717) is 17.3 Å². The second-order valence-corrected chi connectivity index (χ2v) is 5.03. The van der Waals surface area contributed by atoms with E-state index < -0.39 is 0 Å². The maximum atomic E-state index is 12.2. The van der Waals surface area contributed by atoms with Crippen LogP contribution < -0.4 is 5.32 Å². The summed E-state index contributed by atoms with van der Waals surface area (Å²) in [6.45, 7) is 3.72. The van der Waals surface area contributed by atoms with Crippen molar-refractivity contribution in [2.24, 2.45) is 0 Å². The molecular formula is C17H15N3O2. The summed E-state index contributed by atoms with van der Waals surface area (Å²) in [4.78, 5) is 12.2. The Morgan fingerprint density at radius 1 is 1.05 bits per heavy atom. The lowest BCUT2D eigenvalue weighted by Crippen LogP contribution is -2.11. The Morgan fingerprint density at radius 2 is 1.82 bits per heavy atom. The first-order chi connectivity index (χ1) is 10.6. The molecule has 0 aliphatic carbocycles. The van der Waals surface area contributed by atoms with Gasteiger partial charge in [0.05, 0.1) is 0 Å². The number of carbonyl (C=O) groups excluding carboxylic acids is 1. The summed E-state index contributed by atoms with van der Waals surface area (Å²) < 4.78 is 5.36. The Kier molecular flexibility index (Phi) is 3.70. The molecule has 1 N–H and O–H groups in total. The van der Waals surface area contributed by atoms with Gasteiger partial charge >= 0.3 is 0 Å². The molecule has 1 amide bonds. The normalized spacial score (nSPS) is 10.5. The molecule has 0 atom stereocenters. The van der Waals surface area contributed by atoms with Crippen molar-refractivity contribution in [2.45, 2.75) is 13.8 Å². The minimum Gasteiger partial charge on any atom is -0.421 e. The standard InChI is InChI=1S/C17H15N3O2/c1-11-4-3-5-15(10-11)18-16(21)13-6-8-14(9-7-13)17-20-19-12(2)22-17/h3-10H,1-2H3,(H,18,21). The summed E-state index contributed by atoms with van der Waals surface area (Å²) >= 11 is 0. The summed E-state index contributed by atoms with van der Waals surface area (Å²) in [7, 11) is 0. The molecule has 1 aromatic heterocycles. The molecule has 3 aromatic rings. The van der Waals surface area contributed by atoms with Gasteiger partial charge in [0.15, 0.2) is 0 Å². The molecule has 0 aliphatic heterocycles. The molecule has 0 saturated carbocycles. The fourth-order valence-electron chi connectivity index (χ4n) is 2.10. The van der Waals surface area contributed by atoms with Gasteiger partial charge in [-0.15, -0.1) is 10.2 Å². The quantitative estimate of drug-likeness (QED) is 0.801. The molecule has 110 valence electrons. The number of nitrogens with zero attached hydrogens (tertiary/aromatic N) is 2. The first-order valence-electron chi connectivity index (χ1n) is 6.90. The number of hydrogen-bond donors (Lipinski definition) is 1. The number of anilines is 1. The van der Waals surface area contributed by atoms with E-state index in [-0.39, 0.29) is 5.91 Å². The van der Waals surface area contributed by atoms with E-state index >= 15 is 0 Å². The number of hydrogen-bond acceptors (Lipinski definition) is 4. The highest BCUT2D eigenvalue weighted by Crippen LogP contribution is 2.19. The highest BCUT2D eigenvalue weighted by atomic mass is 16.4. The smallest absolute Gasteiger partial charge is 0.255 e. The molecule has 3 rings (SSSR count). The van der Waals surface area contributed by atoms with Crippen molar-refractivity contribution in [3.63, 3.8) is 0 Å². The van der Waals surface area contributed by atoms with E-state index in [2.05, 4.69) is 15.5 Å². The van der Waals surface area contributed by atoms with Gasteiger partial charge in [-0.25, -0.2) is 0 Å². The van der Waals surface area contributed by atoms with Crippen LogP contribution in [-0.4, -0.2) is 16.1 Å². The zero-order valence-electron chi connectivity index (χ0n) is 12.3. The lowest BCUT2D eigenvalue weighted by atomic mass is 10.1. The van der Waals surface area contributed by atoms with Gasteiger partial charge in [0.25, 0.3) is 5.91 Å². The van der Waals surface area contributed by atoms with Crippen molar-refractivity contribution < 1.29 is 9.21 Å². The maximum Gasteiger partial charge on any atom is 0.255 e. The molecule has 0 radical (unpaired) electrons. The Hall–Kier alpha value is -2.95. The summed E-state index contributed by atoms with van der Waals surface area (Å²) in [5.41, 5.74) is 3.23. The van der Waals surface area contributed by atoms with E-state index in [0.717, 1.165) is 16.8 Å². The third-order valence-corrected chi connectivity index (χ3v) is 3.20. The number of carbonyl (C=O) groups is 1. The number of aryl methyl sites for hydroxylation is 2. The minimum absolute atomic E-state index is 0.154. The number of benzene rings is 2. The van der Waals surface area contributed by atoms with E-state index in [4.69, 9.17) is 4.42 Å². The van der Waals surface area contributed by atoms with Crippen molar-refractivity contribution >= 4 is 11.6 Å². The maximum absolute atomic E-state index is 12.2. The Morgan fingerprint density at radius 3 is 2.45 bits per heavy atom. The Labute approximate surface area is 128 Å². The summed E-state index contributed by atoms with van der Waals surface area (Å²) in [6, 6.07) is 14.7. The monoisotopic (exact) mass is 293 g/mol. The molecule has 0 aliphatic rings. The second-order valence-electron chi connectivity index (χ2n) is 5.03. The molecule has 0 bridgehead atoms. The van der Waals surface area contributed by atoms with Crippen LogP contribution in [0, 0.1) is 13.8 Å². The molecule has 22 heavy (non-hydrogen) atoms. The van der Waals surface area contributed by atoms with Crippen LogP contribution in [0.2, 0.25) is 0 Å². The fourth-order valence-corrected chi connectivity index (χ4v) is 2.10. The molecule has 0 fully saturated rings. The average molecular weight is 293 g/mol. The zero-order valence-corrected chi connectivity index (χ0v) is 12.3. The molecule has 1 heterocycles. The Bertz CT molecular complexity index is 807. The van der Waals surface area contributed by atoms with Crippen LogP contribution in [0.15, 0.2) is 52.9 Å². The highest BCUT2D eigenvalue weighted by Gasteiger charge is 2.09. The predicted octanol–water partition coefficient (Wildman–Crippen LogP) is 3.61. The fraction of sp³-hybridized carbons (Fsp3) is 0.118. The lowest BCUT2D eigenvalue weighted by Gasteiger charge is -2.06. The van der Waals surface area contributed by atoms with Crippen molar-refractivity contribution in [3.05, 3.63) is 65.5 Å². The molecule has 5 nitrogen and oxygen atoms in total. The Balaban J connectivity index is 1.76. The van der Waals surface area contributed by atoms with E-state index in [1.54, 1.807) is 31.2 Å². The van der Waals surface area contributed by atoms with Gasteiger partial charge in [0.1, 0.15) is 0 Å². The highest BCUT2D eigenvalue weighted by molar-refractivity contribution is 6.04. The summed E-state index contributed by atoms with van der Waals surface area (Å²) in [5, 5.41) is 10.6. The lowest BCUT2D eigenvalue weighted by molar-refractivity contribution is 0.102. The van der Waals surface area contributed by atoms with Crippen LogP contribution in [0.1, 0.15) is 21.8 Å². The van der Waals surface area contributed by atoms with Crippen molar-refractivity contribution in [2.75, 3.05) is 5.32 Å². The molecule has 0 saturated heterocycles. The summed E-state index contributed by atoms with van der Waals surface area (Å²) in [6.07, 6.45) is 0. The van der Waals surface area contributed by atoms with E-state index in [1.165, 1.54) is 0 Å². The number of rotatable bonds is 3. The first-order valence-corrected chi connectivity index (χ1v) is 6.90. The zero-order chi connectivity index (χ0) is 15.5. The predicted molar refractivity (Wildman–Crippen MR) is 83.6 cm³/mol. The van der Waals surface area contributed by atoms with E-state index in [1.807, 2.05) is 31.2 Å². The van der Waals surface area contributed by atoms with Gasteiger partial charge < -0.3 is 9.73 Å². The van der Waals surface area contributed by atoms with Crippen LogP contribution >= 0.6 is 0 Å². The molecule has 2 aromatic carbocycles. The second kappa shape index (κ2) is 5.81. The van der Waals surface area contributed by atoms with Gasteiger partial charge in [0, 0.05) is 23.7 Å². The topological polar surface area (TPSA) is 68.0 Å². The van der Waals surface area contributed by atoms with Crippen molar-refractivity contribution in [3.8, 4) is 11.5 Å². The minimum atomic E-state index is -0.154. The number of amides is 1. The van der Waals surface area contributed by atoms with Crippen LogP contribution in [0.5, 0.6) is 0 Å². The SMILES string of the molecule is Cc1cccc(NC(=O)c2ccc(-c3nnc(C)o3)cc2)c1. The van der Waals surface area contributed by atoms with Crippen LogP contribution in [0.3, 0.4) is 0 Å². The van der Waals surface area contributed by atoms with Crippen LogP contribution in [-0.2, 0) is 0 Å².